The van der Waals surface area contributed by atoms with Gasteiger partial charge in [0.05, 0.1) is 17.9 Å². The third-order valence-electron chi connectivity index (χ3n) is 5.76. The first-order valence-corrected chi connectivity index (χ1v) is 9.76. The molecule has 0 saturated carbocycles. The molecule has 0 radical (unpaired) electrons. The lowest BCUT2D eigenvalue weighted by Gasteiger charge is -2.37. The van der Waals surface area contributed by atoms with E-state index < -0.39 is 11.7 Å². The molecular formula is C22H19F3N4O. The molecule has 5 nitrogen and oxygen atoms in total. The highest BCUT2D eigenvalue weighted by Crippen LogP contribution is 2.37. The van der Waals surface area contributed by atoms with Crippen LogP contribution in [0.5, 0.6) is 0 Å². The van der Waals surface area contributed by atoms with Crippen LogP contribution >= 0.6 is 0 Å². The van der Waals surface area contributed by atoms with Crippen LogP contribution in [0.2, 0.25) is 0 Å². The van der Waals surface area contributed by atoms with Crippen LogP contribution in [-0.2, 0) is 6.18 Å². The van der Waals surface area contributed by atoms with Gasteiger partial charge >= 0.3 is 6.18 Å². The molecule has 0 spiro atoms. The van der Waals surface area contributed by atoms with Gasteiger partial charge in [0.1, 0.15) is 5.82 Å². The fraction of sp³-hybridized carbons (Fsp3) is 0.273. The maximum Gasteiger partial charge on any atom is 0.417 e. The van der Waals surface area contributed by atoms with E-state index in [1.54, 1.807) is 0 Å². The SMILES string of the molecule is O=C1c2cccc3cccc(c23)N1CN1CCN(c2ccc(C(F)(F)F)cn2)CC1. The summed E-state index contributed by atoms with van der Waals surface area (Å²) in [5, 5.41) is 2.05. The van der Waals surface area contributed by atoms with Crippen molar-refractivity contribution < 1.29 is 18.0 Å². The number of nitrogens with zero attached hydrogens (tertiary/aromatic N) is 4. The largest absolute Gasteiger partial charge is 0.417 e. The number of halogens is 3. The van der Waals surface area contributed by atoms with Gasteiger partial charge in [-0.3, -0.25) is 14.6 Å². The summed E-state index contributed by atoms with van der Waals surface area (Å²) in [7, 11) is 0. The molecule has 8 heteroatoms. The Hall–Kier alpha value is -3.13. The van der Waals surface area contributed by atoms with Crippen molar-refractivity contribution in [3.05, 3.63) is 65.9 Å². The van der Waals surface area contributed by atoms with Crippen LogP contribution in [0, 0.1) is 0 Å². The number of carbonyl (C=O) groups is 1. The van der Waals surface area contributed by atoms with Crippen LogP contribution in [0.1, 0.15) is 15.9 Å². The molecule has 3 heterocycles. The quantitative estimate of drug-likeness (QED) is 0.652. The number of aromatic nitrogens is 1. The van der Waals surface area contributed by atoms with Gasteiger partial charge in [-0.15, -0.1) is 0 Å². The van der Waals surface area contributed by atoms with E-state index in [9.17, 15) is 18.0 Å². The lowest BCUT2D eigenvalue weighted by molar-refractivity contribution is -0.137. The molecule has 1 fully saturated rings. The highest BCUT2D eigenvalue weighted by molar-refractivity contribution is 6.24. The molecule has 1 aromatic heterocycles. The smallest absolute Gasteiger partial charge is 0.354 e. The Labute approximate surface area is 171 Å². The van der Waals surface area contributed by atoms with Crippen molar-refractivity contribution in [2.75, 3.05) is 42.6 Å². The summed E-state index contributed by atoms with van der Waals surface area (Å²) in [6.07, 6.45) is -3.50. The van der Waals surface area contributed by atoms with E-state index in [0.717, 1.165) is 34.3 Å². The molecule has 0 unspecified atom stereocenters. The predicted octanol–water partition coefficient (Wildman–Crippen LogP) is 3.99. The zero-order chi connectivity index (χ0) is 20.9. The van der Waals surface area contributed by atoms with E-state index in [2.05, 4.69) is 9.88 Å². The van der Waals surface area contributed by atoms with Gasteiger partial charge < -0.3 is 4.90 Å². The molecule has 30 heavy (non-hydrogen) atoms. The molecule has 2 aliphatic heterocycles. The number of amides is 1. The van der Waals surface area contributed by atoms with Gasteiger partial charge in [-0.05, 0) is 29.7 Å². The second-order valence-corrected chi connectivity index (χ2v) is 7.56. The standard InChI is InChI=1S/C22H19F3N4O/c23-22(24,25)16-7-8-19(26-13-16)28-11-9-27(10-12-28)14-29-18-6-2-4-15-3-1-5-17(20(15)18)21(29)30/h1-8,13H,9-12,14H2. The minimum absolute atomic E-state index is 0.00800. The van der Waals surface area contributed by atoms with Crippen LogP contribution in [0.15, 0.2) is 54.7 Å². The van der Waals surface area contributed by atoms with E-state index in [-0.39, 0.29) is 5.91 Å². The highest BCUT2D eigenvalue weighted by Gasteiger charge is 2.33. The van der Waals surface area contributed by atoms with E-state index in [0.29, 0.717) is 38.7 Å². The molecule has 0 aliphatic carbocycles. The Morgan fingerprint density at radius 2 is 1.67 bits per heavy atom. The first-order chi connectivity index (χ1) is 14.4. The minimum Gasteiger partial charge on any atom is -0.354 e. The first-order valence-electron chi connectivity index (χ1n) is 9.76. The molecule has 0 atom stereocenters. The topological polar surface area (TPSA) is 39.7 Å². The van der Waals surface area contributed by atoms with Crippen molar-refractivity contribution in [1.29, 1.82) is 0 Å². The van der Waals surface area contributed by atoms with Crippen molar-refractivity contribution in [2.24, 2.45) is 0 Å². The van der Waals surface area contributed by atoms with Crippen LogP contribution in [-0.4, -0.2) is 48.6 Å². The second kappa shape index (κ2) is 6.98. The number of hydrogen-bond donors (Lipinski definition) is 0. The van der Waals surface area contributed by atoms with E-state index >= 15 is 0 Å². The fourth-order valence-corrected chi connectivity index (χ4v) is 4.18. The molecular weight excluding hydrogens is 393 g/mol. The number of piperazine rings is 1. The second-order valence-electron chi connectivity index (χ2n) is 7.56. The molecule has 0 N–H and O–H groups in total. The summed E-state index contributed by atoms with van der Waals surface area (Å²) in [4.78, 5) is 22.9. The number of anilines is 2. The summed E-state index contributed by atoms with van der Waals surface area (Å²) in [6, 6.07) is 14.2. The Balaban J connectivity index is 1.26. The Kier molecular flexibility index (Phi) is 4.39. The van der Waals surface area contributed by atoms with Crippen LogP contribution in [0.4, 0.5) is 24.7 Å². The van der Waals surface area contributed by atoms with Crippen LogP contribution in [0.3, 0.4) is 0 Å². The summed E-state index contributed by atoms with van der Waals surface area (Å²) in [5.74, 6) is 0.547. The average Bonchev–Trinajstić information content (AvgIpc) is 3.02. The average molecular weight is 412 g/mol. The number of carbonyl (C=O) groups excluding carboxylic acids is 1. The minimum atomic E-state index is -4.38. The Bertz CT molecular complexity index is 1100. The molecule has 5 rings (SSSR count). The van der Waals surface area contributed by atoms with Gasteiger partial charge in [-0.2, -0.15) is 13.2 Å². The maximum absolute atomic E-state index is 12.9. The fourth-order valence-electron chi connectivity index (χ4n) is 4.18. The molecule has 1 amide bonds. The van der Waals surface area contributed by atoms with Crippen molar-refractivity contribution in [3.8, 4) is 0 Å². The number of hydrogen-bond acceptors (Lipinski definition) is 4. The lowest BCUT2D eigenvalue weighted by Crippen LogP contribution is -2.51. The highest BCUT2D eigenvalue weighted by atomic mass is 19.4. The summed E-state index contributed by atoms with van der Waals surface area (Å²) >= 11 is 0. The number of benzene rings is 2. The van der Waals surface area contributed by atoms with Gasteiger partial charge in [-0.25, -0.2) is 4.98 Å². The Morgan fingerprint density at radius 1 is 0.933 bits per heavy atom. The predicted molar refractivity (Wildman–Crippen MR) is 109 cm³/mol. The van der Waals surface area contributed by atoms with Crippen molar-refractivity contribution in [2.45, 2.75) is 6.18 Å². The normalized spacial score (nSPS) is 17.2. The van der Waals surface area contributed by atoms with Crippen molar-refractivity contribution in [1.82, 2.24) is 9.88 Å². The molecule has 3 aromatic rings. The zero-order valence-corrected chi connectivity index (χ0v) is 16.1. The van der Waals surface area contributed by atoms with Crippen LogP contribution in [0.25, 0.3) is 10.8 Å². The van der Waals surface area contributed by atoms with Crippen molar-refractivity contribution >= 4 is 28.2 Å². The van der Waals surface area contributed by atoms with Gasteiger partial charge in [-0.1, -0.05) is 24.3 Å². The summed E-state index contributed by atoms with van der Waals surface area (Å²) < 4.78 is 38.2. The van der Waals surface area contributed by atoms with Gasteiger partial charge in [0, 0.05) is 43.3 Å². The van der Waals surface area contributed by atoms with Gasteiger partial charge in [0.2, 0.25) is 0 Å². The van der Waals surface area contributed by atoms with E-state index in [1.165, 1.54) is 6.07 Å². The lowest BCUT2D eigenvalue weighted by atomic mass is 10.1. The zero-order valence-electron chi connectivity index (χ0n) is 16.1. The van der Waals surface area contributed by atoms with E-state index in [4.69, 9.17) is 0 Å². The molecule has 1 saturated heterocycles. The Morgan fingerprint density at radius 3 is 2.33 bits per heavy atom. The number of alkyl halides is 3. The number of rotatable bonds is 3. The molecule has 2 aromatic carbocycles. The van der Waals surface area contributed by atoms with Crippen molar-refractivity contribution in [3.63, 3.8) is 0 Å². The third kappa shape index (κ3) is 3.17. The molecule has 0 bridgehead atoms. The molecule has 154 valence electrons. The molecule has 2 aliphatic rings. The number of pyridine rings is 1. The van der Waals surface area contributed by atoms with Gasteiger partial charge in [0.15, 0.2) is 0 Å². The van der Waals surface area contributed by atoms with Crippen LogP contribution < -0.4 is 9.80 Å². The monoisotopic (exact) mass is 412 g/mol. The summed E-state index contributed by atoms with van der Waals surface area (Å²) in [5.41, 5.74) is 0.918. The third-order valence-corrected chi connectivity index (χ3v) is 5.76. The van der Waals surface area contributed by atoms with E-state index in [1.807, 2.05) is 46.2 Å². The summed E-state index contributed by atoms with van der Waals surface area (Å²) in [6.45, 7) is 3.15. The maximum atomic E-state index is 12.9. The first kappa shape index (κ1) is 18.9. The van der Waals surface area contributed by atoms with Gasteiger partial charge in [0.25, 0.3) is 5.91 Å².